The highest BCUT2D eigenvalue weighted by Crippen LogP contribution is 2.23. The van der Waals surface area contributed by atoms with Crippen LogP contribution < -0.4 is 10.1 Å². The number of hydrogen-bond donors (Lipinski definition) is 1. The molecule has 0 aliphatic rings. The molecule has 0 bridgehead atoms. The van der Waals surface area contributed by atoms with Gasteiger partial charge in [-0.1, -0.05) is 18.2 Å². The number of nitrogens with one attached hydrogen (secondary N) is 1. The molecule has 3 nitrogen and oxygen atoms in total. The fourth-order valence-electron chi connectivity index (χ4n) is 2.18. The lowest BCUT2D eigenvalue weighted by Gasteiger charge is -2.26. The second kappa shape index (κ2) is 6.58. The van der Waals surface area contributed by atoms with Crippen molar-refractivity contribution in [1.29, 1.82) is 5.26 Å². The third-order valence-corrected chi connectivity index (χ3v) is 3.11. The highest BCUT2D eigenvalue weighted by atomic mass is 16.5. The van der Waals surface area contributed by atoms with Gasteiger partial charge in [0.05, 0.1) is 12.7 Å². The zero-order valence-electron chi connectivity index (χ0n) is 12.6. The van der Waals surface area contributed by atoms with Crippen molar-refractivity contribution in [2.45, 2.75) is 52.6 Å². The van der Waals surface area contributed by atoms with Gasteiger partial charge in [0.1, 0.15) is 11.3 Å². The second-order valence-corrected chi connectivity index (χ2v) is 5.56. The minimum atomic E-state index is -0.537. The first-order chi connectivity index (χ1) is 8.88. The quantitative estimate of drug-likeness (QED) is 0.853. The molecule has 1 N–H and O–H groups in total. The van der Waals surface area contributed by atoms with Crippen molar-refractivity contribution in [3.8, 4) is 11.8 Å². The number of hydrogen-bond acceptors (Lipinski definition) is 3. The van der Waals surface area contributed by atoms with Gasteiger partial charge in [-0.25, -0.2) is 0 Å². The Morgan fingerprint density at radius 1 is 1.32 bits per heavy atom. The average molecular weight is 260 g/mol. The maximum atomic E-state index is 9.27. The molecule has 0 saturated heterocycles. The molecule has 0 aromatic heterocycles. The molecule has 0 saturated carbocycles. The lowest BCUT2D eigenvalue weighted by molar-refractivity contribution is 0.257. The van der Waals surface area contributed by atoms with Gasteiger partial charge in [-0.3, -0.25) is 5.32 Å². The Labute approximate surface area is 116 Å². The number of rotatable bonds is 6. The highest BCUT2D eigenvalue weighted by molar-refractivity contribution is 5.39. The molecule has 0 aliphatic carbocycles. The molecular formula is C16H24N2O. The zero-order chi connectivity index (χ0) is 14.5. The Morgan fingerprint density at radius 3 is 2.37 bits per heavy atom. The predicted molar refractivity (Wildman–Crippen MR) is 78.3 cm³/mol. The van der Waals surface area contributed by atoms with E-state index in [0.29, 0.717) is 13.0 Å². The standard InChI is InChI=1S/C16H24N2O/c1-12(2)18-16(5,11-17)9-10-19-15-13(3)7-6-8-14(15)4/h6-8,12,18H,9-10H2,1-5H3. The first kappa shape index (κ1) is 15.5. The summed E-state index contributed by atoms with van der Waals surface area (Å²) in [6, 6.07) is 8.72. The summed E-state index contributed by atoms with van der Waals surface area (Å²) in [5.74, 6) is 0.937. The monoisotopic (exact) mass is 260 g/mol. The van der Waals surface area contributed by atoms with E-state index in [-0.39, 0.29) is 6.04 Å². The van der Waals surface area contributed by atoms with Gasteiger partial charge in [0.15, 0.2) is 0 Å². The molecule has 1 unspecified atom stereocenters. The summed E-state index contributed by atoms with van der Waals surface area (Å²) in [4.78, 5) is 0. The lowest BCUT2D eigenvalue weighted by Crippen LogP contribution is -2.45. The number of ether oxygens (including phenoxy) is 1. The van der Waals surface area contributed by atoms with Crippen LogP contribution in [-0.2, 0) is 0 Å². The summed E-state index contributed by atoms with van der Waals surface area (Å²) in [7, 11) is 0. The molecule has 0 heterocycles. The van der Waals surface area contributed by atoms with E-state index in [2.05, 4.69) is 11.4 Å². The molecule has 1 aromatic carbocycles. The summed E-state index contributed by atoms with van der Waals surface area (Å²) in [6.45, 7) is 10.6. The van der Waals surface area contributed by atoms with Crippen LogP contribution in [0.25, 0.3) is 0 Å². The number of nitriles is 1. The maximum absolute atomic E-state index is 9.27. The number of para-hydroxylation sites is 1. The van der Waals surface area contributed by atoms with Crippen molar-refractivity contribution in [2.75, 3.05) is 6.61 Å². The van der Waals surface area contributed by atoms with Gasteiger partial charge >= 0.3 is 0 Å². The van der Waals surface area contributed by atoms with Crippen LogP contribution in [-0.4, -0.2) is 18.2 Å². The van der Waals surface area contributed by atoms with E-state index in [4.69, 9.17) is 4.74 Å². The Balaban J connectivity index is 2.61. The summed E-state index contributed by atoms with van der Waals surface area (Å²) in [5.41, 5.74) is 1.73. The van der Waals surface area contributed by atoms with Crippen molar-refractivity contribution in [2.24, 2.45) is 0 Å². The molecule has 0 amide bonds. The topological polar surface area (TPSA) is 45.0 Å². The third-order valence-electron chi connectivity index (χ3n) is 3.11. The Bertz CT molecular complexity index is 442. The fourth-order valence-corrected chi connectivity index (χ4v) is 2.18. The van der Waals surface area contributed by atoms with Crippen molar-refractivity contribution in [3.63, 3.8) is 0 Å². The van der Waals surface area contributed by atoms with E-state index in [0.717, 1.165) is 16.9 Å². The van der Waals surface area contributed by atoms with Crippen molar-refractivity contribution in [1.82, 2.24) is 5.32 Å². The van der Waals surface area contributed by atoms with E-state index in [9.17, 15) is 5.26 Å². The Hall–Kier alpha value is -1.53. The van der Waals surface area contributed by atoms with Gasteiger partial charge in [-0.15, -0.1) is 0 Å². The van der Waals surface area contributed by atoms with Crippen LogP contribution in [0.1, 0.15) is 38.3 Å². The summed E-state index contributed by atoms with van der Waals surface area (Å²) < 4.78 is 5.86. The normalized spacial score (nSPS) is 13.9. The molecular weight excluding hydrogens is 236 g/mol. The average Bonchev–Trinajstić information content (AvgIpc) is 2.32. The Kier molecular flexibility index (Phi) is 5.38. The van der Waals surface area contributed by atoms with E-state index < -0.39 is 5.54 Å². The second-order valence-electron chi connectivity index (χ2n) is 5.56. The molecule has 0 spiro atoms. The summed E-state index contributed by atoms with van der Waals surface area (Å²) in [5, 5.41) is 12.6. The first-order valence-electron chi connectivity index (χ1n) is 6.76. The van der Waals surface area contributed by atoms with E-state index in [1.807, 2.05) is 52.8 Å². The van der Waals surface area contributed by atoms with Crippen LogP contribution in [0.3, 0.4) is 0 Å². The van der Waals surface area contributed by atoms with E-state index >= 15 is 0 Å². The lowest BCUT2D eigenvalue weighted by atomic mass is 9.99. The largest absolute Gasteiger partial charge is 0.493 e. The predicted octanol–water partition coefficient (Wildman–Crippen LogP) is 3.35. The molecule has 1 atom stereocenters. The number of nitrogens with zero attached hydrogens (tertiary/aromatic N) is 1. The van der Waals surface area contributed by atoms with Gasteiger partial charge < -0.3 is 4.74 Å². The molecule has 0 radical (unpaired) electrons. The van der Waals surface area contributed by atoms with E-state index in [1.165, 1.54) is 0 Å². The third kappa shape index (κ3) is 4.57. The summed E-state index contributed by atoms with van der Waals surface area (Å²) >= 11 is 0. The van der Waals surface area contributed by atoms with Crippen LogP contribution in [0.15, 0.2) is 18.2 Å². The fraction of sp³-hybridized carbons (Fsp3) is 0.562. The van der Waals surface area contributed by atoms with Gasteiger partial charge in [0.2, 0.25) is 0 Å². The van der Waals surface area contributed by atoms with Crippen LogP contribution >= 0.6 is 0 Å². The molecule has 104 valence electrons. The van der Waals surface area contributed by atoms with E-state index in [1.54, 1.807) is 0 Å². The van der Waals surface area contributed by atoms with Crippen LogP contribution in [0.4, 0.5) is 0 Å². The van der Waals surface area contributed by atoms with Gasteiger partial charge in [0, 0.05) is 12.5 Å². The summed E-state index contributed by atoms with van der Waals surface area (Å²) in [6.07, 6.45) is 0.662. The van der Waals surface area contributed by atoms with Crippen molar-refractivity contribution < 1.29 is 4.74 Å². The van der Waals surface area contributed by atoms with Crippen LogP contribution in [0.2, 0.25) is 0 Å². The van der Waals surface area contributed by atoms with Crippen LogP contribution in [0.5, 0.6) is 5.75 Å². The molecule has 1 rings (SSSR count). The van der Waals surface area contributed by atoms with Gasteiger partial charge in [-0.2, -0.15) is 5.26 Å². The van der Waals surface area contributed by atoms with Gasteiger partial charge in [0.25, 0.3) is 0 Å². The first-order valence-corrected chi connectivity index (χ1v) is 6.76. The molecule has 0 fully saturated rings. The maximum Gasteiger partial charge on any atom is 0.125 e. The minimum Gasteiger partial charge on any atom is -0.493 e. The Morgan fingerprint density at radius 2 is 1.89 bits per heavy atom. The molecule has 1 aromatic rings. The highest BCUT2D eigenvalue weighted by Gasteiger charge is 2.24. The van der Waals surface area contributed by atoms with Crippen LogP contribution in [0, 0.1) is 25.2 Å². The molecule has 19 heavy (non-hydrogen) atoms. The smallest absolute Gasteiger partial charge is 0.125 e. The minimum absolute atomic E-state index is 0.282. The number of aryl methyl sites for hydroxylation is 2. The molecule has 3 heteroatoms. The molecule has 0 aliphatic heterocycles. The van der Waals surface area contributed by atoms with Gasteiger partial charge in [-0.05, 0) is 45.7 Å². The van der Waals surface area contributed by atoms with Crippen molar-refractivity contribution in [3.05, 3.63) is 29.3 Å². The van der Waals surface area contributed by atoms with Crippen molar-refractivity contribution >= 4 is 0 Å². The SMILES string of the molecule is Cc1cccc(C)c1OCCC(C)(C#N)NC(C)C. The number of benzene rings is 1. The zero-order valence-corrected chi connectivity index (χ0v) is 12.6.